The first-order valence-corrected chi connectivity index (χ1v) is 5.41. The molecule has 0 saturated carbocycles. The minimum atomic E-state index is -1.01. The van der Waals surface area contributed by atoms with Crippen LogP contribution >= 0.6 is 11.3 Å². The third-order valence-electron chi connectivity index (χ3n) is 2.04. The third-order valence-corrected chi connectivity index (χ3v) is 2.82. The molecule has 5 heteroatoms. The summed E-state index contributed by atoms with van der Waals surface area (Å²) in [6, 6.07) is 3.13. The lowest BCUT2D eigenvalue weighted by Crippen LogP contribution is -2.04. The van der Waals surface area contributed by atoms with Crippen LogP contribution in [-0.2, 0) is 6.42 Å². The van der Waals surface area contributed by atoms with Crippen molar-refractivity contribution in [2.75, 3.05) is 0 Å². The number of hydrogen-bond donors (Lipinski definition) is 0. The number of nitrogens with zero attached hydrogens (tertiary/aromatic N) is 1. The Balaban J connectivity index is 2.18. The zero-order valence-corrected chi connectivity index (χ0v) is 8.93. The minimum absolute atomic E-state index is 0.114. The van der Waals surface area contributed by atoms with E-state index in [0.717, 1.165) is 12.1 Å². The Morgan fingerprint density at radius 1 is 1.31 bits per heavy atom. The summed E-state index contributed by atoms with van der Waals surface area (Å²) in [7, 11) is 0. The molecular weight excluding hydrogens is 232 g/mol. The van der Waals surface area contributed by atoms with Crippen molar-refractivity contribution in [1.29, 1.82) is 0 Å². The topological polar surface area (TPSA) is 30.0 Å². The molecule has 0 aliphatic heterocycles. The summed E-state index contributed by atoms with van der Waals surface area (Å²) in [5, 5.41) is 2.42. The van der Waals surface area contributed by atoms with Crippen molar-refractivity contribution < 1.29 is 13.6 Å². The maximum absolute atomic E-state index is 12.9. The molecule has 0 amide bonds. The number of carbonyl (C=O) groups is 1. The predicted octanol–water partition coefficient (Wildman–Crippen LogP) is 2.85. The van der Waals surface area contributed by atoms with Crippen molar-refractivity contribution in [1.82, 2.24) is 4.98 Å². The lowest BCUT2D eigenvalue weighted by molar-refractivity contribution is 0.0992. The van der Waals surface area contributed by atoms with Crippen LogP contribution in [0.5, 0.6) is 0 Å². The van der Waals surface area contributed by atoms with Crippen LogP contribution in [-0.4, -0.2) is 10.8 Å². The van der Waals surface area contributed by atoms with Crippen LogP contribution in [0.4, 0.5) is 8.78 Å². The van der Waals surface area contributed by atoms with Crippen LogP contribution in [0, 0.1) is 11.6 Å². The summed E-state index contributed by atoms with van der Waals surface area (Å²) in [6.07, 6.45) is 1.71. The highest BCUT2D eigenvalue weighted by atomic mass is 32.1. The molecule has 0 bridgehead atoms. The molecule has 0 unspecified atom stereocenters. The Hall–Kier alpha value is -1.62. The van der Waals surface area contributed by atoms with E-state index < -0.39 is 11.6 Å². The van der Waals surface area contributed by atoms with Crippen molar-refractivity contribution >= 4 is 17.1 Å². The highest BCUT2D eigenvalue weighted by Crippen LogP contribution is 2.13. The summed E-state index contributed by atoms with van der Waals surface area (Å²) in [5.41, 5.74) is 0.161. The average Bonchev–Trinajstić information content (AvgIpc) is 2.74. The van der Waals surface area contributed by atoms with Crippen molar-refractivity contribution in [3.63, 3.8) is 0 Å². The molecule has 0 aliphatic carbocycles. The summed E-state index contributed by atoms with van der Waals surface area (Å²) in [6.45, 7) is 0. The molecule has 0 spiro atoms. The van der Waals surface area contributed by atoms with E-state index in [0.29, 0.717) is 5.01 Å². The monoisotopic (exact) mass is 239 g/mol. The predicted molar refractivity (Wildman–Crippen MR) is 56.5 cm³/mol. The number of halogens is 2. The van der Waals surface area contributed by atoms with E-state index in [9.17, 15) is 13.6 Å². The molecule has 0 radical (unpaired) electrons. The van der Waals surface area contributed by atoms with Crippen molar-refractivity contribution in [2.24, 2.45) is 0 Å². The number of benzene rings is 1. The Bertz CT molecular complexity index is 511. The van der Waals surface area contributed by atoms with Gasteiger partial charge in [0, 0.05) is 17.1 Å². The number of aromatic nitrogens is 1. The van der Waals surface area contributed by atoms with Gasteiger partial charge in [0.25, 0.3) is 0 Å². The zero-order valence-electron chi connectivity index (χ0n) is 8.11. The van der Waals surface area contributed by atoms with Gasteiger partial charge in [0.15, 0.2) is 17.4 Å². The van der Waals surface area contributed by atoms with Crippen molar-refractivity contribution in [3.8, 4) is 0 Å². The van der Waals surface area contributed by atoms with Crippen molar-refractivity contribution in [2.45, 2.75) is 6.42 Å². The fourth-order valence-electron chi connectivity index (χ4n) is 1.25. The highest BCUT2D eigenvalue weighted by Gasteiger charge is 2.11. The van der Waals surface area contributed by atoms with Gasteiger partial charge < -0.3 is 0 Å². The molecule has 2 aromatic rings. The standard InChI is InChI=1S/C11H7F2NOS/c12-8-2-1-7(5-9(8)13)10(15)6-11-14-3-4-16-11/h1-5H,6H2. The number of Topliss-reactive ketones (excluding diaryl/α,β-unsaturated/α-hetero) is 1. The average molecular weight is 239 g/mol. The number of hydrogen-bond acceptors (Lipinski definition) is 3. The van der Waals surface area contributed by atoms with E-state index in [1.165, 1.54) is 17.4 Å². The fraction of sp³-hybridized carbons (Fsp3) is 0.0909. The smallest absolute Gasteiger partial charge is 0.169 e. The van der Waals surface area contributed by atoms with Crippen LogP contribution < -0.4 is 0 Å². The van der Waals surface area contributed by atoms with E-state index in [1.54, 1.807) is 11.6 Å². The zero-order chi connectivity index (χ0) is 11.5. The van der Waals surface area contributed by atoms with Gasteiger partial charge in [0.2, 0.25) is 0 Å². The third kappa shape index (κ3) is 2.30. The van der Waals surface area contributed by atoms with E-state index >= 15 is 0 Å². The maximum Gasteiger partial charge on any atom is 0.169 e. The highest BCUT2D eigenvalue weighted by molar-refractivity contribution is 7.09. The van der Waals surface area contributed by atoms with E-state index in [1.807, 2.05) is 0 Å². The number of thiazole rings is 1. The van der Waals surface area contributed by atoms with Gasteiger partial charge in [-0.1, -0.05) is 0 Å². The number of carbonyl (C=O) groups excluding carboxylic acids is 1. The number of rotatable bonds is 3. The fourth-order valence-corrected chi connectivity index (χ4v) is 1.86. The Morgan fingerprint density at radius 2 is 2.12 bits per heavy atom. The molecule has 0 aliphatic rings. The lowest BCUT2D eigenvalue weighted by atomic mass is 10.1. The van der Waals surface area contributed by atoms with Gasteiger partial charge >= 0.3 is 0 Å². The van der Waals surface area contributed by atoms with Crippen molar-refractivity contribution in [3.05, 3.63) is 52.0 Å². The van der Waals surface area contributed by atoms with Gasteiger partial charge in [-0.15, -0.1) is 11.3 Å². The van der Waals surface area contributed by atoms with E-state index in [4.69, 9.17) is 0 Å². The molecule has 0 atom stereocenters. The van der Waals surface area contributed by atoms with Crippen LogP contribution in [0.3, 0.4) is 0 Å². The van der Waals surface area contributed by atoms with Crippen LogP contribution in [0.15, 0.2) is 29.8 Å². The summed E-state index contributed by atoms with van der Waals surface area (Å²) >= 11 is 1.35. The van der Waals surface area contributed by atoms with E-state index in [-0.39, 0.29) is 17.8 Å². The first-order chi connectivity index (χ1) is 7.66. The second-order valence-electron chi connectivity index (χ2n) is 3.15. The Morgan fingerprint density at radius 3 is 2.75 bits per heavy atom. The molecule has 82 valence electrons. The Labute approximate surface area is 94.6 Å². The second kappa shape index (κ2) is 4.49. The Kier molecular flexibility index (Phi) is 3.05. The van der Waals surface area contributed by atoms with Gasteiger partial charge in [0.05, 0.1) is 6.42 Å². The molecule has 0 N–H and O–H groups in total. The molecule has 1 aromatic carbocycles. The normalized spacial score (nSPS) is 10.4. The summed E-state index contributed by atoms with van der Waals surface area (Å²) < 4.78 is 25.5. The first kappa shape index (κ1) is 10.9. The molecule has 0 saturated heterocycles. The SMILES string of the molecule is O=C(Cc1nccs1)c1ccc(F)c(F)c1. The van der Waals surface area contributed by atoms with Gasteiger partial charge in [-0.3, -0.25) is 4.79 Å². The van der Waals surface area contributed by atoms with Gasteiger partial charge in [0.1, 0.15) is 5.01 Å². The minimum Gasteiger partial charge on any atom is -0.294 e. The maximum atomic E-state index is 12.9. The molecule has 2 nitrogen and oxygen atoms in total. The number of ketones is 1. The first-order valence-electron chi connectivity index (χ1n) is 4.53. The largest absolute Gasteiger partial charge is 0.294 e. The summed E-state index contributed by atoms with van der Waals surface area (Å²) in [5.74, 6) is -2.23. The molecule has 1 aromatic heterocycles. The quantitative estimate of drug-likeness (QED) is 0.771. The van der Waals surface area contributed by atoms with Gasteiger partial charge in [-0.25, -0.2) is 13.8 Å². The van der Waals surface area contributed by atoms with Crippen LogP contribution in [0.1, 0.15) is 15.4 Å². The van der Waals surface area contributed by atoms with E-state index in [2.05, 4.69) is 4.98 Å². The lowest BCUT2D eigenvalue weighted by Gasteiger charge is -1.99. The second-order valence-corrected chi connectivity index (χ2v) is 4.13. The van der Waals surface area contributed by atoms with Crippen LogP contribution in [0.25, 0.3) is 0 Å². The van der Waals surface area contributed by atoms with Gasteiger partial charge in [-0.05, 0) is 18.2 Å². The summed E-state index contributed by atoms with van der Waals surface area (Å²) in [4.78, 5) is 15.6. The van der Waals surface area contributed by atoms with Gasteiger partial charge in [-0.2, -0.15) is 0 Å². The molecule has 16 heavy (non-hydrogen) atoms. The molecule has 2 rings (SSSR count). The molecule has 0 fully saturated rings. The molecular formula is C11H7F2NOS. The van der Waals surface area contributed by atoms with Crippen LogP contribution in [0.2, 0.25) is 0 Å². The molecule has 1 heterocycles.